The first kappa shape index (κ1) is 13.2. The van der Waals surface area contributed by atoms with Crippen LogP contribution in [-0.2, 0) is 6.54 Å². The van der Waals surface area contributed by atoms with E-state index in [1.54, 1.807) is 4.80 Å². The number of aryl methyl sites for hydroxylation is 1. The molecule has 0 saturated heterocycles. The zero-order valence-corrected chi connectivity index (χ0v) is 11.8. The van der Waals surface area contributed by atoms with Gasteiger partial charge in [0.1, 0.15) is 0 Å². The monoisotopic (exact) mass is 276 g/mol. The topological polar surface area (TPSA) is 43.6 Å². The highest BCUT2D eigenvalue weighted by Gasteiger charge is 2.04. The first-order chi connectivity index (χ1) is 10.3. The molecule has 0 unspecified atom stereocenters. The van der Waals surface area contributed by atoms with Gasteiger partial charge in [-0.2, -0.15) is 4.80 Å². The van der Waals surface area contributed by atoms with Gasteiger partial charge < -0.3 is 0 Å². The van der Waals surface area contributed by atoms with Gasteiger partial charge in [0.2, 0.25) is 5.82 Å². The normalized spacial score (nSPS) is 11.1. The van der Waals surface area contributed by atoms with Gasteiger partial charge in [0, 0.05) is 5.56 Å². The van der Waals surface area contributed by atoms with E-state index in [9.17, 15) is 0 Å². The van der Waals surface area contributed by atoms with Gasteiger partial charge in [0.05, 0.1) is 6.54 Å². The summed E-state index contributed by atoms with van der Waals surface area (Å²) in [4.78, 5) is 1.59. The van der Waals surface area contributed by atoms with Crippen molar-refractivity contribution in [2.75, 3.05) is 0 Å². The fourth-order valence-electron chi connectivity index (χ4n) is 1.99. The van der Waals surface area contributed by atoms with E-state index < -0.39 is 0 Å². The molecule has 2 aromatic carbocycles. The standard InChI is InChI=1S/C17H16N4/c1-14-9-11-16(12-10-14)17-18-20-21(19-17)13-5-8-15-6-3-2-4-7-15/h2-12H,13H2,1H3. The van der Waals surface area contributed by atoms with Crippen LogP contribution in [-0.4, -0.2) is 20.2 Å². The van der Waals surface area contributed by atoms with Gasteiger partial charge in [0.15, 0.2) is 0 Å². The summed E-state index contributed by atoms with van der Waals surface area (Å²) in [7, 11) is 0. The van der Waals surface area contributed by atoms with E-state index in [2.05, 4.69) is 40.5 Å². The van der Waals surface area contributed by atoms with Crippen LogP contribution >= 0.6 is 0 Å². The maximum absolute atomic E-state index is 4.38. The molecule has 0 aliphatic rings. The predicted octanol–water partition coefficient (Wildman–Crippen LogP) is 3.36. The zero-order chi connectivity index (χ0) is 14.5. The van der Waals surface area contributed by atoms with Gasteiger partial charge >= 0.3 is 0 Å². The summed E-state index contributed by atoms with van der Waals surface area (Å²) in [6.45, 7) is 2.66. The van der Waals surface area contributed by atoms with Gasteiger partial charge in [-0.1, -0.05) is 72.3 Å². The van der Waals surface area contributed by atoms with Crippen LogP contribution < -0.4 is 0 Å². The second kappa shape index (κ2) is 6.13. The van der Waals surface area contributed by atoms with E-state index >= 15 is 0 Å². The van der Waals surface area contributed by atoms with Crippen molar-refractivity contribution in [2.45, 2.75) is 13.5 Å². The third kappa shape index (κ3) is 3.42. The van der Waals surface area contributed by atoms with Crippen molar-refractivity contribution in [3.63, 3.8) is 0 Å². The van der Waals surface area contributed by atoms with Crippen molar-refractivity contribution in [2.24, 2.45) is 0 Å². The summed E-state index contributed by atoms with van der Waals surface area (Å²) in [5.41, 5.74) is 3.37. The summed E-state index contributed by atoms with van der Waals surface area (Å²) in [6.07, 6.45) is 4.07. The second-order valence-corrected chi connectivity index (χ2v) is 4.85. The second-order valence-electron chi connectivity index (χ2n) is 4.85. The van der Waals surface area contributed by atoms with E-state index in [0.29, 0.717) is 12.4 Å². The molecule has 0 spiro atoms. The third-order valence-electron chi connectivity index (χ3n) is 3.14. The Morgan fingerprint density at radius 1 is 1.00 bits per heavy atom. The number of rotatable bonds is 4. The van der Waals surface area contributed by atoms with Crippen molar-refractivity contribution < 1.29 is 0 Å². The number of hydrogen-bond donors (Lipinski definition) is 0. The molecule has 1 aromatic heterocycles. The lowest BCUT2D eigenvalue weighted by Gasteiger charge is -1.95. The largest absolute Gasteiger partial charge is 0.204 e. The summed E-state index contributed by atoms with van der Waals surface area (Å²) in [6, 6.07) is 18.3. The number of allylic oxidation sites excluding steroid dienone is 1. The van der Waals surface area contributed by atoms with E-state index in [0.717, 1.165) is 11.1 Å². The Morgan fingerprint density at radius 3 is 2.52 bits per heavy atom. The molecule has 0 bridgehead atoms. The summed E-state index contributed by atoms with van der Waals surface area (Å²) in [5, 5.41) is 12.5. The molecule has 3 rings (SSSR count). The molecule has 3 aromatic rings. The molecule has 0 aliphatic carbocycles. The van der Waals surface area contributed by atoms with Crippen molar-refractivity contribution in [3.8, 4) is 11.4 Å². The average Bonchev–Trinajstić information content (AvgIpc) is 2.98. The van der Waals surface area contributed by atoms with Crippen LogP contribution in [0.3, 0.4) is 0 Å². The molecule has 0 N–H and O–H groups in total. The molecule has 0 atom stereocenters. The first-order valence-corrected chi connectivity index (χ1v) is 6.88. The Bertz CT molecular complexity index is 727. The molecule has 0 aliphatic heterocycles. The molecule has 4 heteroatoms. The summed E-state index contributed by atoms with van der Waals surface area (Å²) >= 11 is 0. The lowest BCUT2D eigenvalue weighted by molar-refractivity contribution is 0.583. The van der Waals surface area contributed by atoms with Crippen LogP contribution in [0.2, 0.25) is 0 Å². The maximum Gasteiger partial charge on any atom is 0.204 e. The molecule has 0 amide bonds. The molecular weight excluding hydrogens is 260 g/mol. The number of hydrogen-bond acceptors (Lipinski definition) is 3. The first-order valence-electron chi connectivity index (χ1n) is 6.88. The van der Waals surface area contributed by atoms with Crippen molar-refractivity contribution in [1.29, 1.82) is 0 Å². The van der Waals surface area contributed by atoms with E-state index in [-0.39, 0.29) is 0 Å². The summed E-state index contributed by atoms with van der Waals surface area (Å²) < 4.78 is 0. The summed E-state index contributed by atoms with van der Waals surface area (Å²) in [5.74, 6) is 0.656. The highest BCUT2D eigenvalue weighted by atomic mass is 15.6. The fraction of sp³-hybridized carbons (Fsp3) is 0.118. The Labute approximate surface area is 123 Å². The Morgan fingerprint density at radius 2 is 1.76 bits per heavy atom. The van der Waals surface area contributed by atoms with Crippen LogP contribution in [0.15, 0.2) is 60.7 Å². The minimum atomic E-state index is 0.605. The highest BCUT2D eigenvalue weighted by molar-refractivity contribution is 5.54. The molecular formula is C17H16N4. The quantitative estimate of drug-likeness (QED) is 0.734. The van der Waals surface area contributed by atoms with Crippen LogP contribution in [0.1, 0.15) is 11.1 Å². The van der Waals surface area contributed by atoms with Gasteiger partial charge in [-0.05, 0) is 17.7 Å². The molecule has 1 heterocycles. The number of benzene rings is 2. The lowest BCUT2D eigenvalue weighted by Crippen LogP contribution is -1.99. The number of nitrogens with zero attached hydrogens (tertiary/aromatic N) is 4. The van der Waals surface area contributed by atoms with Crippen LogP contribution in [0, 0.1) is 6.92 Å². The molecule has 0 radical (unpaired) electrons. The van der Waals surface area contributed by atoms with E-state index in [4.69, 9.17) is 0 Å². The van der Waals surface area contributed by atoms with Gasteiger partial charge in [-0.15, -0.1) is 10.2 Å². The molecule has 0 saturated carbocycles. The van der Waals surface area contributed by atoms with Crippen molar-refractivity contribution in [1.82, 2.24) is 20.2 Å². The smallest absolute Gasteiger partial charge is 0.160 e. The molecule has 4 nitrogen and oxygen atoms in total. The molecule has 0 fully saturated rings. The van der Waals surface area contributed by atoms with Crippen LogP contribution in [0.25, 0.3) is 17.5 Å². The Balaban J connectivity index is 1.68. The minimum Gasteiger partial charge on any atom is -0.160 e. The van der Waals surface area contributed by atoms with Crippen LogP contribution in [0.4, 0.5) is 0 Å². The Hall–Kier alpha value is -2.75. The van der Waals surface area contributed by atoms with E-state index in [1.807, 2.05) is 48.5 Å². The van der Waals surface area contributed by atoms with Gasteiger partial charge in [0.25, 0.3) is 0 Å². The zero-order valence-electron chi connectivity index (χ0n) is 11.8. The lowest BCUT2D eigenvalue weighted by atomic mass is 10.1. The minimum absolute atomic E-state index is 0.605. The number of aromatic nitrogens is 4. The van der Waals surface area contributed by atoms with Gasteiger partial charge in [-0.3, -0.25) is 0 Å². The van der Waals surface area contributed by atoms with Crippen LogP contribution in [0.5, 0.6) is 0 Å². The SMILES string of the molecule is Cc1ccc(-c2nnn(CC=Cc3ccccc3)n2)cc1. The third-order valence-corrected chi connectivity index (χ3v) is 3.14. The molecule has 104 valence electrons. The maximum atomic E-state index is 4.38. The number of tetrazole rings is 1. The predicted molar refractivity (Wildman–Crippen MR) is 83.5 cm³/mol. The van der Waals surface area contributed by atoms with Crippen molar-refractivity contribution in [3.05, 3.63) is 71.8 Å². The molecule has 21 heavy (non-hydrogen) atoms. The van der Waals surface area contributed by atoms with Crippen molar-refractivity contribution >= 4 is 6.08 Å². The fourth-order valence-corrected chi connectivity index (χ4v) is 1.99. The van der Waals surface area contributed by atoms with Gasteiger partial charge in [-0.25, -0.2) is 0 Å². The highest BCUT2D eigenvalue weighted by Crippen LogP contribution is 2.13. The average molecular weight is 276 g/mol. The van der Waals surface area contributed by atoms with E-state index in [1.165, 1.54) is 5.56 Å². The Kier molecular flexibility index (Phi) is 3.87.